The highest BCUT2D eigenvalue weighted by atomic mass is 32.2. The van der Waals surface area contributed by atoms with Crippen LogP contribution in [0, 0.1) is 0 Å². The lowest BCUT2D eigenvalue weighted by atomic mass is 10.1. The van der Waals surface area contributed by atoms with Crippen LogP contribution in [-0.2, 0) is 23.1 Å². The first-order valence-corrected chi connectivity index (χ1v) is 11.2. The van der Waals surface area contributed by atoms with Crippen LogP contribution in [0.1, 0.15) is 11.1 Å². The first-order chi connectivity index (χ1) is 13.9. The Morgan fingerprint density at radius 3 is 2.59 bits per heavy atom. The summed E-state index contributed by atoms with van der Waals surface area (Å²) < 4.78 is 24.3. The lowest BCUT2D eigenvalue weighted by Gasteiger charge is -2.04. The SMILES string of the molecule is NS(=O)(=O)c1ccc(CCNc2nn3cc(-c4ccccc4CO)nc3s2)cc1. The largest absolute Gasteiger partial charge is 0.392 e. The van der Waals surface area contributed by atoms with E-state index in [-0.39, 0.29) is 11.5 Å². The van der Waals surface area contributed by atoms with E-state index in [1.54, 1.807) is 16.6 Å². The molecule has 0 amide bonds. The van der Waals surface area contributed by atoms with Gasteiger partial charge in [-0.1, -0.05) is 47.7 Å². The number of sulfonamides is 1. The first-order valence-electron chi connectivity index (χ1n) is 8.85. The van der Waals surface area contributed by atoms with Crippen molar-refractivity contribution in [1.82, 2.24) is 14.6 Å². The second-order valence-electron chi connectivity index (χ2n) is 6.44. The van der Waals surface area contributed by atoms with E-state index >= 15 is 0 Å². The van der Waals surface area contributed by atoms with Crippen molar-refractivity contribution in [3.63, 3.8) is 0 Å². The van der Waals surface area contributed by atoms with Gasteiger partial charge in [0.2, 0.25) is 20.1 Å². The molecule has 0 aliphatic heterocycles. The summed E-state index contributed by atoms with van der Waals surface area (Å²) in [4.78, 5) is 5.47. The molecule has 0 radical (unpaired) electrons. The highest BCUT2D eigenvalue weighted by molar-refractivity contribution is 7.89. The van der Waals surface area contributed by atoms with Crippen molar-refractivity contribution in [1.29, 1.82) is 0 Å². The third-order valence-corrected chi connectivity index (χ3v) is 6.26. The highest BCUT2D eigenvalue weighted by Gasteiger charge is 2.12. The average Bonchev–Trinajstić information content (AvgIpc) is 3.26. The molecule has 0 saturated heterocycles. The van der Waals surface area contributed by atoms with Crippen LogP contribution >= 0.6 is 11.3 Å². The Labute approximate surface area is 171 Å². The van der Waals surface area contributed by atoms with Gasteiger partial charge in [-0.25, -0.2) is 23.1 Å². The van der Waals surface area contributed by atoms with Crippen LogP contribution in [0.3, 0.4) is 0 Å². The zero-order chi connectivity index (χ0) is 20.4. The van der Waals surface area contributed by atoms with Crippen LogP contribution in [0.25, 0.3) is 16.2 Å². The van der Waals surface area contributed by atoms with Gasteiger partial charge in [-0.2, -0.15) is 0 Å². The summed E-state index contributed by atoms with van der Waals surface area (Å²) in [5.74, 6) is 0. The van der Waals surface area contributed by atoms with E-state index in [0.29, 0.717) is 13.0 Å². The van der Waals surface area contributed by atoms with Crippen molar-refractivity contribution >= 4 is 31.5 Å². The van der Waals surface area contributed by atoms with Crippen LogP contribution in [-0.4, -0.2) is 34.7 Å². The van der Waals surface area contributed by atoms with E-state index in [9.17, 15) is 13.5 Å². The zero-order valence-corrected chi connectivity index (χ0v) is 16.9. The number of aliphatic hydroxyl groups excluding tert-OH is 1. The smallest absolute Gasteiger partial charge is 0.238 e. The molecule has 8 nitrogen and oxygen atoms in total. The van der Waals surface area contributed by atoms with Gasteiger partial charge in [0.1, 0.15) is 0 Å². The lowest BCUT2D eigenvalue weighted by Crippen LogP contribution is -2.12. The molecule has 0 saturated carbocycles. The Balaban J connectivity index is 1.41. The third-order valence-electron chi connectivity index (χ3n) is 4.45. The molecular weight excluding hydrogens is 410 g/mol. The van der Waals surface area contributed by atoms with Gasteiger partial charge in [-0.05, 0) is 29.7 Å². The second-order valence-corrected chi connectivity index (χ2v) is 8.96. The van der Waals surface area contributed by atoms with Gasteiger partial charge in [0.05, 0.1) is 23.4 Å². The number of aliphatic hydroxyl groups is 1. The summed E-state index contributed by atoms with van der Waals surface area (Å²) >= 11 is 1.44. The molecule has 2 aromatic heterocycles. The average molecular weight is 430 g/mol. The number of benzene rings is 2. The minimum atomic E-state index is -3.67. The number of rotatable bonds is 7. The molecule has 0 aliphatic carbocycles. The van der Waals surface area contributed by atoms with Crippen LogP contribution in [0.4, 0.5) is 5.13 Å². The topological polar surface area (TPSA) is 123 Å². The molecule has 150 valence electrons. The quantitative estimate of drug-likeness (QED) is 0.414. The summed E-state index contributed by atoms with van der Waals surface area (Å²) in [6.45, 7) is 0.603. The molecule has 2 heterocycles. The fraction of sp³-hybridized carbons (Fsp3) is 0.158. The normalized spacial score (nSPS) is 11.8. The van der Waals surface area contributed by atoms with Crippen molar-refractivity contribution in [2.75, 3.05) is 11.9 Å². The fourth-order valence-corrected chi connectivity index (χ4v) is 4.29. The molecule has 10 heteroatoms. The fourth-order valence-electron chi connectivity index (χ4n) is 2.97. The Bertz CT molecular complexity index is 1220. The molecule has 0 atom stereocenters. The number of hydrogen-bond donors (Lipinski definition) is 3. The van der Waals surface area contributed by atoms with E-state index in [4.69, 9.17) is 5.14 Å². The van der Waals surface area contributed by atoms with E-state index in [2.05, 4.69) is 15.4 Å². The Hall–Kier alpha value is -2.79. The molecule has 4 N–H and O–H groups in total. The van der Waals surface area contributed by atoms with Crippen molar-refractivity contribution in [3.05, 3.63) is 65.9 Å². The lowest BCUT2D eigenvalue weighted by molar-refractivity contribution is 0.282. The highest BCUT2D eigenvalue weighted by Crippen LogP contribution is 2.26. The van der Waals surface area contributed by atoms with E-state index in [0.717, 1.165) is 32.5 Å². The van der Waals surface area contributed by atoms with E-state index < -0.39 is 10.0 Å². The molecule has 2 aromatic carbocycles. The number of anilines is 1. The maximum absolute atomic E-state index is 11.3. The van der Waals surface area contributed by atoms with Crippen LogP contribution in [0.15, 0.2) is 59.6 Å². The minimum absolute atomic E-state index is 0.0419. The second kappa shape index (κ2) is 7.91. The zero-order valence-electron chi connectivity index (χ0n) is 15.3. The Morgan fingerprint density at radius 2 is 1.90 bits per heavy atom. The summed E-state index contributed by atoms with van der Waals surface area (Å²) in [5, 5.41) is 23.1. The number of imidazole rings is 1. The summed E-state index contributed by atoms with van der Waals surface area (Å²) in [5.41, 5.74) is 3.49. The van der Waals surface area contributed by atoms with Crippen molar-refractivity contribution < 1.29 is 13.5 Å². The van der Waals surface area contributed by atoms with Crippen molar-refractivity contribution in [2.45, 2.75) is 17.9 Å². The van der Waals surface area contributed by atoms with Crippen LogP contribution in [0.2, 0.25) is 0 Å². The summed E-state index contributed by atoms with van der Waals surface area (Å²) in [6.07, 6.45) is 2.55. The predicted molar refractivity (Wildman–Crippen MR) is 112 cm³/mol. The van der Waals surface area contributed by atoms with Gasteiger partial charge < -0.3 is 10.4 Å². The molecule has 0 unspecified atom stereocenters. The molecule has 0 aliphatic rings. The maximum Gasteiger partial charge on any atom is 0.238 e. The molecule has 0 fully saturated rings. The number of fused-ring (bicyclic) bond motifs is 1. The van der Waals surface area contributed by atoms with Gasteiger partial charge in [-0.15, -0.1) is 5.10 Å². The molecule has 29 heavy (non-hydrogen) atoms. The number of hydrogen-bond acceptors (Lipinski definition) is 7. The van der Waals surface area contributed by atoms with Gasteiger partial charge in [0.15, 0.2) is 0 Å². The molecule has 4 aromatic rings. The predicted octanol–water partition coefficient (Wildman–Crippen LogP) is 2.25. The maximum atomic E-state index is 11.3. The number of primary sulfonamides is 1. The first kappa shape index (κ1) is 19.5. The molecular formula is C19H19N5O3S2. The van der Waals surface area contributed by atoms with Crippen molar-refractivity contribution in [3.8, 4) is 11.3 Å². The minimum Gasteiger partial charge on any atom is -0.392 e. The standard InChI is InChI=1S/C19H19N5O3S2/c20-29(26,27)15-7-5-13(6-8-15)9-10-21-18-23-24-11-17(22-19(24)28-18)16-4-2-1-3-14(16)12-25/h1-8,11,25H,9-10,12H2,(H,21,23)(H2,20,26,27). The van der Waals surface area contributed by atoms with Gasteiger partial charge in [0, 0.05) is 12.1 Å². The molecule has 0 spiro atoms. The summed E-state index contributed by atoms with van der Waals surface area (Å²) in [6, 6.07) is 14.1. The van der Waals surface area contributed by atoms with Gasteiger partial charge in [-0.3, -0.25) is 0 Å². The van der Waals surface area contributed by atoms with E-state index in [1.807, 2.05) is 30.5 Å². The number of nitrogens with two attached hydrogens (primary N) is 1. The van der Waals surface area contributed by atoms with Gasteiger partial charge >= 0.3 is 0 Å². The van der Waals surface area contributed by atoms with Gasteiger partial charge in [0.25, 0.3) is 0 Å². The Morgan fingerprint density at radius 1 is 1.14 bits per heavy atom. The number of nitrogens with zero attached hydrogens (tertiary/aromatic N) is 3. The molecule has 4 rings (SSSR count). The number of aromatic nitrogens is 3. The van der Waals surface area contributed by atoms with Crippen molar-refractivity contribution in [2.24, 2.45) is 5.14 Å². The number of nitrogens with one attached hydrogen (secondary N) is 1. The molecule has 0 bridgehead atoms. The third kappa shape index (κ3) is 4.30. The van der Waals surface area contributed by atoms with Crippen LogP contribution < -0.4 is 10.5 Å². The van der Waals surface area contributed by atoms with Crippen LogP contribution in [0.5, 0.6) is 0 Å². The van der Waals surface area contributed by atoms with E-state index in [1.165, 1.54) is 23.5 Å². The summed E-state index contributed by atoms with van der Waals surface area (Å²) in [7, 11) is -3.67. The monoisotopic (exact) mass is 429 g/mol. The Kier molecular flexibility index (Phi) is 5.33.